The Morgan fingerprint density at radius 1 is 1.28 bits per heavy atom. The van der Waals surface area contributed by atoms with E-state index in [1.165, 1.54) is 31.5 Å². The number of nitrogens with one attached hydrogen (secondary N) is 1. The van der Waals surface area contributed by atoms with Crippen LogP contribution in [0.3, 0.4) is 0 Å². The zero-order valence-electron chi connectivity index (χ0n) is 11.6. The average Bonchev–Trinajstić information content (AvgIpc) is 2.41. The molecule has 2 rings (SSSR count). The van der Waals surface area contributed by atoms with Crippen LogP contribution in [0, 0.1) is 0 Å². The number of methoxy groups -OCH3 is 1. The van der Waals surface area contributed by atoms with Gasteiger partial charge in [0.25, 0.3) is 0 Å². The minimum atomic E-state index is 0.342. The zero-order valence-corrected chi connectivity index (χ0v) is 11.6. The van der Waals surface area contributed by atoms with Gasteiger partial charge in [0.05, 0.1) is 7.11 Å². The van der Waals surface area contributed by atoms with Crippen LogP contribution < -0.4 is 10.1 Å². The number of hydrogen-bond acceptors (Lipinski definition) is 3. The smallest absolute Gasteiger partial charge is 0.123 e. The van der Waals surface area contributed by atoms with E-state index < -0.39 is 0 Å². The van der Waals surface area contributed by atoms with Crippen LogP contribution in [0.15, 0.2) is 24.3 Å². The molecular formula is C15H24N2O. The number of hydrogen-bond donors (Lipinski definition) is 1. The molecule has 0 spiro atoms. The molecule has 1 atom stereocenters. The number of ether oxygens (including phenoxy) is 1. The van der Waals surface area contributed by atoms with E-state index in [1.807, 2.05) is 12.1 Å². The maximum absolute atomic E-state index is 5.42. The summed E-state index contributed by atoms with van der Waals surface area (Å²) in [5.41, 5.74) is 1.25. The molecule has 1 aromatic rings. The molecule has 0 unspecified atom stereocenters. The quantitative estimate of drug-likeness (QED) is 0.885. The van der Waals surface area contributed by atoms with Gasteiger partial charge in [-0.3, -0.25) is 0 Å². The Hall–Kier alpha value is -1.06. The number of likely N-dealkylation sites (tertiary alicyclic amines) is 1. The van der Waals surface area contributed by atoms with E-state index in [9.17, 15) is 0 Å². The summed E-state index contributed by atoms with van der Waals surface area (Å²) in [5, 5.41) is 3.72. The Balaban J connectivity index is 1.96. The third-order valence-electron chi connectivity index (χ3n) is 3.81. The van der Waals surface area contributed by atoms with Crippen molar-refractivity contribution in [1.29, 1.82) is 0 Å². The number of nitrogens with zero attached hydrogens (tertiary/aromatic N) is 1. The Kier molecular flexibility index (Phi) is 4.61. The monoisotopic (exact) mass is 248 g/mol. The van der Waals surface area contributed by atoms with Crippen LogP contribution in [0.2, 0.25) is 0 Å². The van der Waals surface area contributed by atoms with Gasteiger partial charge in [-0.15, -0.1) is 0 Å². The Morgan fingerprint density at radius 3 is 2.61 bits per heavy atom. The first-order chi connectivity index (χ1) is 8.70. The first-order valence-corrected chi connectivity index (χ1v) is 6.78. The second-order valence-electron chi connectivity index (χ2n) is 5.21. The van der Waals surface area contributed by atoms with Crippen molar-refractivity contribution in [2.45, 2.75) is 31.8 Å². The third kappa shape index (κ3) is 3.24. The summed E-state index contributed by atoms with van der Waals surface area (Å²) in [6.45, 7) is 4.60. The van der Waals surface area contributed by atoms with Gasteiger partial charge in [-0.2, -0.15) is 0 Å². The molecular weight excluding hydrogens is 224 g/mol. The van der Waals surface area contributed by atoms with E-state index in [-0.39, 0.29) is 0 Å². The molecule has 0 aliphatic carbocycles. The van der Waals surface area contributed by atoms with Gasteiger partial charge in [0.2, 0.25) is 0 Å². The maximum atomic E-state index is 5.42. The highest BCUT2D eigenvalue weighted by Gasteiger charge is 2.19. The largest absolute Gasteiger partial charge is 0.496 e. The predicted octanol–water partition coefficient (Wildman–Crippen LogP) is 2.44. The summed E-state index contributed by atoms with van der Waals surface area (Å²) in [6.07, 6.45) is 2.46. The van der Waals surface area contributed by atoms with Gasteiger partial charge in [-0.1, -0.05) is 18.2 Å². The van der Waals surface area contributed by atoms with Gasteiger partial charge >= 0.3 is 0 Å². The van der Waals surface area contributed by atoms with Crippen molar-refractivity contribution in [3.63, 3.8) is 0 Å². The van der Waals surface area contributed by atoms with Gasteiger partial charge in [-0.25, -0.2) is 0 Å². The molecule has 0 saturated carbocycles. The Morgan fingerprint density at radius 2 is 1.94 bits per heavy atom. The first kappa shape index (κ1) is 13.4. The molecule has 1 aliphatic heterocycles. The molecule has 0 amide bonds. The van der Waals surface area contributed by atoms with Crippen molar-refractivity contribution in [2.24, 2.45) is 0 Å². The van der Waals surface area contributed by atoms with Gasteiger partial charge in [0, 0.05) is 17.6 Å². The van der Waals surface area contributed by atoms with Crippen LogP contribution in [0.5, 0.6) is 5.75 Å². The standard InChI is InChI=1S/C15H24N2O/c1-12(14-6-4-5-7-15(14)18-3)16-13-8-10-17(2)11-9-13/h4-7,12-13,16H,8-11H2,1-3H3/t12-/m1/s1. The lowest BCUT2D eigenvalue weighted by Gasteiger charge is -2.32. The summed E-state index contributed by atoms with van der Waals surface area (Å²) in [6, 6.07) is 9.23. The van der Waals surface area contributed by atoms with Gasteiger partial charge in [0.15, 0.2) is 0 Å². The molecule has 1 N–H and O–H groups in total. The molecule has 1 saturated heterocycles. The van der Waals surface area contributed by atoms with Crippen molar-refractivity contribution < 1.29 is 4.74 Å². The third-order valence-corrected chi connectivity index (χ3v) is 3.81. The highest BCUT2D eigenvalue weighted by Crippen LogP contribution is 2.25. The number of benzene rings is 1. The van der Waals surface area contributed by atoms with Crippen molar-refractivity contribution in [3.05, 3.63) is 29.8 Å². The fraction of sp³-hybridized carbons (Fsp3) is 0.600. The van der Waals surface area contributed by atoms with Crippen LogP contribution in [-0.4, -0.2) is 38.2 Å². The first-order valence-electron chi connectivity index (χ1n) is 6.78. The molecule has 1 heterocycles. The molecule has 18 heavy (non-hydrogen) atoms. The summed E-state index contributed by atoms with van der Waals surface area (Å²) >= 11 is 0. The molecule has 3 nitrogen and oxygen atoms in total. The molecule has 0 radical (unpaired) electrons. The molecule has 1 aromatic carbocycles. The van der Waals surface area contributed by atoms with Crippen LogP contribution in [0.4, 0.5) is 0 Å². The average molecular weight is 248 g/mol. The second-order valence-corrected chi connectivity index (χ2v) is 5.21. The summed E-state index contributed by atoms with van der Waals surface area (Å²) in [5.74, 6) is 0.977. The van der Waals surface area contributed by atoms with E-state index in [0.29, 0.717) is 12.1 Å². The van der Waals surface area contributed by atoms with Crippen LogP contribution >= 0.6 is 0 Å². The fourth-order valence-electron chi connectivity index (χ4n) is 2.64. The van der Waals surface area contributed by atoms with Gasteiger partial charge < -0.3 is 15.0 Å². The summed E-state index contributed by atoms with van der Waals surface area (Å²) in [4.78, 5) is 2.39. The van der Waals surface area contributed by atoms with Gasteiger partial charge in [-0.05, 0) is 46.0 Å². The van der Waals surface area contributed by atoms with Crippen LogP contribution in [0.25, 0.3) is 0 Å². The molecule has 1 fully saturated rings. The fourth-order valence-corrected chi connectivity index (χ4v) is 2.64. The molecule has 1 aliphatic rings. The summed E-state index contributed by atoms with van der Waals surface area (Å²) < 4.78 is 5.42. The van der Waals surface area contributed by atoms with E-state index in [2.05, 4.69) is 36.3 Å². The number of piperidine rings is 1. The molecule has 100 valence electrons. The highest BCUT2D eigenvalue weighted by molar-refractivity contribution is 5.35. The van der Waals surface area contributed by atoms with Crippen molar-refractivity contribution in [1.82, 2.24) is 10.2 Å². The van der Waals surface area contributed by atoms with Crippen molar-refractivity contribution >= 4 is 0 Å². The molecule has 0 bridgehead atoms. The SMILES string of the molecule is COc1ccccc1[C@@H](C)NC1CCN(C)CC1. The second kappa shape index (κ2) is 6.21. The highest BCUT2D eigenvalue weighted by atomic mass is 16.5. The number of para-hydroxylation sites is 1. The topological polar surface area (TPSA) is 24.5 Å². The van der Waals surface area contributed by atoms with Gasteiger partial charge in [0.1, 0.15) is 5.75 Å². The Bertz CT molecular complexity index is 373. The van der Waals surface area contributed by atoms with E-state index in [1.54, 1.807) is 7.11 Å². The van der Waals surface area contributed by atoms with Crippen LogP contribution in [0.1, 0.15) is 31.4 Å². The van der Waals surface area contributed by atoms with E-state index in [0.717, 1.165) is 5.75 Å². The lowest BCUT2D eigenvalue weighted by Crippen LogP contribution is -2.41. The zero-order chi connectivity index (χ0) is 13.0. The van der Waals surface area contributed by atoms with E-state index >= 15 is 0 Å². The molecule has 3 heteroatoms. The minimum Gasteiger partial charge on any atom is -0.496 e. The predicted molar refractivity (Wildman–Crippen MR) is 75.1 cm³/mol. The van der Waals surface area contributed by atoms with Crippen molar-refractivity contribution in [3.8, 4) is 5.75 Å². The summed E-state index contributed by atoms with van der Waals surface area (Å²) in [7, 11) is 3.93. The van der Waals surface area contributed by atoms with E-state index in [4.69, 9.17) is 4.74 Å². The Labute approximate surface area is 110 Å². The van der Waals surface area contributed by atoms with Crippen molar-refractivity contribution in [2.75, 3.05) is 27.2 Å². The molecule has 0 aromatic heterocycles. The minimum absolute atomic E-state index is 0.342. The lowest BCUT2D eigenvalue weighted by molar-refractivity contribution is 0.226. The number of rotatable bonds is 4. The lowest BCUT2D eigenvalue weighted by atomic mass is 10.0. The van der Waals surface area contributed by atoms with Crippen LogP contribution in [-0.2, 0) is 0 Å². The maximum Gasteiger partial charge on any atom is 0.123 e. The normalized spacial score (nSPS) is 19.7.